The second-order valence-corrected chi connectivity index (χ2v) is 8.82. The first-order chi connectivity index (χ1) is 18.4. The van der Waals surface area contributed by atoms with Crippen molar-refractivity contribution >= 4 is 16.3 Å². The van der Waals surface area contributed by atoms with Crippen molar-refractivity contribution in [3.05, 3.63) is 144 Å². The predicted molar refractivity (Wildman–Crippen MR) is 153 cm³/mol. The highest BCUT2D eigenvalue weighted by molar-refractivity contribution is 5.84. The van der Waals surface area contributed by atoms with Crippen LogP contribution < -0.4 is 15.4 Å². The SMILES string of the molecule is C(/CNCCNCc1cccc2cnccc12)=C(/c1ccccc1)c1ccc(Oc2ccccc2)cc1. The van der Waals surface area contributed by atoms with Crippen molar-refractivity contribution in [2.45, 2.75) is 6.54 Å². The van der Waals surface area contributed by atoms with Crippen LogP contribution in [-0.4, -0.2) is 24.6 Å². The maximum Gasteiger partial charge on any atom is 0.127 e. The molecule has 37 heavy (non-hydrogen) atoms. The predicted octanol–water partition coefficient (Wildman–Crippen LogP) is 6.84. The lowest BCUT2D eigenvalue weighted by atomic mass is 9.97. The van der Waals surface area contributed by atoms with Crippen LogP contribution in [0.2, 0.25) is 0 Å². The Morgan fingerprint density at radius 3 is 2.19 bits per heavy atom. The molecule has 5 rings (SSSR count). The Morgan fingerprint density at radius 1 is 0.676 bits per heavy atom. The van der Waals surface area contributed by atoms with Gasteiger partial charge < -0.3 is 15.4 Å². The third kappa shape index (κ3) is 6.70. The van der Waals surface area contributed by atoms with Crippen LogP contribution in [0.25, 0.3) is 16.3 Å². The minimum absolute atomic E-state index is 0.786. The first-order valence-corrected chi connectivity index (χ1v) is 12.7. The number of pyridine rings is 1. The fourth-order valence-corrected chi connectivity index (χ4v) is 4.37. The van der Waals surface area contributed by atoms with Gasteiger partial charge in [-0.2, -0.15) is 0 Å². The van der Waals surface area contributed by atoms with E-state index in [1.54, 1.807) is 0 Å². The molecule has 0 aliphatic heterocycles. The number of hydrogen-bond donors (Lipinski definition) is 2. The molecule has 0 saturated heterocycles. The molecule has 4 heteroatoms. The van der Waals surface area contributed by atoms with E-state index < -0.39 is 0 Å². The number of aromatic nitrogens is 1. The fraction of sp³-hybridized carbons (Fsp3) is 0.121. The first-order valence-electron chi connectivity index (χ1n) is 12.7. The molecule has 0 unspecified atom stereocenters. The Labute approximate surface area is 218 Å². The van der Waals surface area contributed by atoms with Crippen LogP contribution in [-0.2, 0) is 6.54 Å². The lowest BCUT2D eigenvalue weighted by Gasteiger charge is -2.12. The number of para-hydroxylation sites is 1. The van der Waals surface area contributed by atoms with E-state index in [0.717, 1.165) is 43.2 Å². The number of ether oxygens (including phenoxy) is 1. The zero-order valence-electron chi connectivity index (χ0n) is 20.8. The van der Waals surface area contributed by atoms with E-state index in [9.17, 15) is 0 Å². The molecule has 184 valence electrons. The summed E-state index contributed by atoms with van der Waals surface area (Å²) in [5.41, 5.74) is 4.86. The summed E-state index contributed by atoms with van der Waals surface area (Å²) in [5, 5.41) is 9.54. The quantitative estimate of drug-likeness (QED) is 0.201. The lowest BCUT2D eigenvalue weighted by Crippen LogP contribution is -2.27. The van der Waals surface area contributed by atoms with Crippen molar-refractivity contribution in [1.82, 2.24) is 15.6 Å². The third-order valence-electron chi connectivity index (χ3n) is 6.24. The molecule has 4 nitrogen and oxygen atoms in total. The zero-order chi connectivity index (χ0) is 25.1. The molecular weight excluding hydrogens is 454 g/mol. The molecule has 0 saturated carbocycles. The fourth-order valence-electron chi connectivity index (χ4n) is 4.37. The third-order valence-corrected chi connectivity index (χ3v) is 6.24. The Hall–Kier alpha value is -4.25. The molecule has 0 spiro atoms. The van der Waals surface area contributed by atoms with Crippen molar-refractivity contribution in [2.24, 2.45) is 0 Å². The number of rotatable bonds is 11. The van der Waals surface area contributed by atoms with Crippen LogP contribution in [0.15, 0.2) is 128 Å². The zero-order valence-corrected chi connectivity index (χ0v) is 20.8. The standard InChI is InChI=1S/C33H31N3O/c1-3-8-26(9-4-1)32(27-14-16-31(17-15-27)37-30-12-5-2-6-13-30)18-20-34-22-23-36-25-29-11-7-10-28-24-35-21-19-33(28)29/h1-19,21,24,34,36H,20,22-23,25H2/b32-18+. The molecule has 1 aromatic heterocycles. The Kier molecular flexibility index (Phi) is 8.35. The van der Waals surface area contributed by atoms with E-state index in [1.165, 1.54) is 27.5 Å². The van der Waals surface area contributed by atoms with Gasteiger partial charge in [0.15, 0.2) is 0 Å². The number of nitrogens with one attached hydrogen (secondary N) is 2. The van der Waals surface area contributed by atoms with Gasteiger partial charge in [-0.05, 0) is 58.0 Å². The van der Waals surface area contributed by atoms with E-state index >= 15 is 0 Å². The van der Waals surface area contributed by atoms with Gasteiger partial charge in [-0.15, -0.1) is 0 Å². The second-order valence-electron chi connectivity index (χ2n) is 8.82. The van der Waals surface area contributed by atoms with E-state index in [1.807, 2.05) is 60.9 Å². The normalized spacial score (nSPS) is 11.5. The van der Waals surface area contributed by atoms with Crippen molar-refractivity contribution < 1.29 is 4.74 Å². The number of hydrogen-bond acceptors (Lipinski definition) is 4. The molecule has 0 aliphatic carbocycles. The van der Waals surface area contributed by atoms with E-state index in [4.69, 9.17) is 4.74 Å². The Bertz CT molecular complexity index is 1430. The van der Waals surface area contributed by atoms with Crippen LogP contribution in [0.5, 0.6) is 11.5 Å². The van der Waals surface area contributed by atoms with Crippen molar-refractivity contribution in [3.63, 3.8) is 0 Å². The molecular formula is C33H31N3O. The lowest BCUT2D eigenvalue weighted by molar-refractivity contribution is 0.482. The molecule has 0 fully saturated rings. The summed E-state index contributed by atoms with van der Waals surface area (Å²) in [6.45, 7) is 3.40. The summed E-state index contributed by atoms with van der Waals surface area (Å²) in [7, 11) is 0. The number of nitrogens with zero attached hydrogens (tertiary/aromatic N) is 1. The molecule has 0 atom stereocenters. The molecule has 2 N–H and O–H groups in total. The topological polar surface area (TPSA) is 46.2 Å². The van der Waals surface area contributed by atoms with Crippen LogP contribution >= 0.6 is 0 Å². The molecule has 1 heterocycles. The van der Waals surface area contributed by atoms with Gasteiger partial charge in [-0.1, -0.05) is 84.9 Å². The van der Waals surface area contributed by atoms with Gasteiger partial charge in [0.1, 0.15) is 11.5 Å². The van der Waals surface area contributed by atoms with E-state index in [0.29, 0.717) is 0 Å². The van der Waals surface area contributed by atoms with E-state index in [2.05, 4.69) is 82.4 Å². The molecule has 0 amide bonds. The van der Waals surface area contributed by atoms with Gasteiger partial charge in [0.2, 0.25) is 0 Å². The summed E-state index contributed by atoms with van der Waals surface area (Å²) in [6, 6.07) is 37.1. The van der Waals surface area contributed by atoms with Gasteiger partial charge in [0.25, 0.3) is 0 Å². The Balaban J connectivity index is 1.17. The molecule has 5 aromatic rings. The van der Waals surface area contributed by atoms with Crippen LogP contribution in [0.3, 0.4) is 0 Å². The summed E-state index contributed by atoms with van der Waals surface area (Å²) in [6.07, 6.45) is 6.04. The van der Waals surface area contributed by atoms with E-state index in [-0.39, 0.29) is 0 Å². The number of fused-ring (bicyclic) bond motifs is 1. The minimum atomic E-state index is 0.786. The molecule has 0 aliphatic rings. The average molecular weight is 486 g/mol. The smallest absolute Gasteiger partial charge is 0.127 e. The van der Waals surface area contributed by atoms with Crippen LogP contribution in [0, 0.1) is 0 Å². The maximum absolute atomic E-state index is 5.97. The van der Waals surface area contributed by atoms with Gasteiger partial charge in [0, 0.05) is 44.0 Å². The summed E-state index contributed by atoms with van der Waals surface area (Å²) < 4.78 is 5.97. The van der Waals surface area contributed by atoms with Crippen LogP contribution in [0.1, 0.15) is 16.7 Å². The summed E-state index contributed by atoms with van der Waals surface area (Å²) in [4.78, 5) is 4.22. The highest BCUT2D eigenvalue weighted by atomic mass is 16.5. The highest BCUT2D eigenvalue weighted by Crippen LogP contribution is 2.27. The molecule has 0 radical (unpaired) electrons. The monoisotopic (exact) mass is 485 g/mol. The van der Waals surface area contributed by atoms with Gasteiger partial charge >= 0.3 is 0 Å². The minimum Gasteiger partial charge on any atom is -0.457 e. The van der Waals surface area contributed by atoms with Gasteiger partial charge in [-0.3, -0.25) is 4.98 Å². The average Bonchev–Trinajstić information content (AvgIpc) is 2.96. The van der Waals surface area contributed by atoms with Crippen molar-refractivity contribution in [3.8, 4) is 11.5 Å². The molecule has 4 aromatic carbocycles. The summed E-state index contributed by atoms with van der Waals surface area (Å²) in [5.74, 6) is 1.67. The Morgan fingerprint density at radius 2 is 1.38 bits per heavy atom. The van der Waals surface area contributed by atoms with Gasteiger partial charge in [0.05, 0.1) is 0 Å². The number of benzene rings is 4. The largest absolute Gasteiger partial charge is 0.457 e. The maximum atomic E-state index is 5.97. The highest BCUT2D eigenvalue weighted by Gasteiger charge is 2.06. The van der Waals surface area contributed by atoms with Gasteiger partial charge in [-0.25, -0.2) is 0 Å². The first kappa shape index (κ1) is 24.4. The summed E-state index contributed by atoms with van der Waals surface area (Å²) >= 11 is 0. The van der Waals surface area contributed by atoms with Crippen molar-refractivity contribution in [2.75, 3.05) is 19.6 Å². The van der Waals surface area contributed by atoms with Crippen LogP contribution in [0.4, 0.5) is 0 Å². The molecule has 0 bridgehead atoms. The second kappa shape index (κ2) is 12.6. The van der Waals surface area contributed by atoms with Crippen molar-refractivity contribution in [1.29, 1.82) is 0 Å².